The van der Waals surface area contributed by atoms with Crippen molar-refractivity contribution in [2.75, 3.05) is 5.32 Å². The van der Waals surface area contributed by atoms with Crippen LogP contribution < -0.4 is 5.32 Å². The molecule has 0 unspecified atom stereocenters. The van der Waals surface area contributed by atoms with Gasteiger partial charge in [-0.3, -0.25) is 4.79 Å². The lowest BCUT2D eigenvalue weighted by molar-refractivity contribution is -0.146. The van der Waals surface area contributed by atoms with E-state index in [9.17, 15) is 18.0 Å². The SMILES string of the molecule is O=C(Nc1cccc2c1nc(C(F)(F)F)n2Cc1nnn[nH]1)c1c(Cl)cccc1Cl. The standard InChI is InChI=1S/C17H10Cl2F3N7O/c18-8-3-1-4-9(19)13(8)15(30)23-10-5-2-6-11-14(10)24-16(17(20,21)22)29(11)7-12-25-27-28-26-12/h1-6H,7H2,(H,23,30)(H,25,26,27,28). The van der Waals surface area contributed by atoms with Crippen LogP contribution >= 0.6 is 23.2 Å². The molecule has 0 spiro atoms. The summed E-state index contributed by atoms with van der Waals surface area (Å²) < 4.78 is 41.8. The molecule has 0 saturated carbocycles. The summed E-state index contributed by atoms with van der Waals surface area (Å²) >= 11 is 12.1. The summed E-state index contributed by atoms with van der Waals surface area (Å²) in [6.07, 6.45) is -4.75. The number of halogens is 5. The second-order valence-corrected chi connectivity index (χ2v) is 6.91. The Bertz CT molecular complexity index is 1220. The van der Waals surface area contributed by atoms with Crippen LogP contribution in [0.2, 0.25) is 10.0 Å². The topological polar surface area (TPSA) is 101 Å². The number of anilines is 1. The number of benzene rings is 2. The third-order valence-electron chi connectivity index (χ3n) is 4.17. The summed E-state index contributed by atoms with van der Waals surface area (Å²) in [5.41, 5.74) is 0.130. The molecule has 2 aromatic heterocycles. The van der Waals surface area contributed by atoms with Crippen molar-refractivity contribution in [3.05, 3.63) is 63.7 Å². The molecule has 1 amide bonds. The van der Waals surface area contributed by atoms with E-state index in [1.54, 1.807) is 6.07 Å². The van der Waals surface area contributed by atoms with Crippen molar-refractivity contribution >= 4 is 45.8 Å². The highest BCUT2D eigenvalue weighted by Gasteiger charge is 2.38. The maximum atomic E-state index is 13.6. The first kappa shape index (κ1) is 20.1. The summed E-state index contributed by atoms with van der Waals surface area (Å²) in [6, 6.07) is 8.88. The summed E-state index contributed by atoms with van der Waals surface area (Å²) in [6.45, 7) is -0.300. The fourth-order valence-corrected chi connectivity index (χ4v) is 3.49. The van der Waals surface area contributed by atoms with E-state index in [0.717, 1.165) is 4.57 Å². The molecular weight excluding hydrogens is 446 g/mol. The third-order valence-corrected chi connectivity index (χ3v) is 4.80. The molecule has 0 saturated heterocycles. The number of para-hydroxylation sites is 1. The lowest BCUT2D eigenvalue weighted by atomic mass is 10.2. The maximum Gasteiger partial charge on any atom is 0.449 e. The largest absolute Gasteiger partial charge is 0.449 e. The van der Waals surface area contributed by atoms with Crippen molar-refractivity contribution in [2.24, 2.45) is 0 Å². The molecule has 4 rings (SSSR count). The molecule has 2 N–H and O–H groups in total. The van der Waals surface area contributed by atoms with Crippen molar-refractivity contribution in [3.63, 3.8) is 0 Å². The molecule has 4 aromatic rings. The second kappa shape index (κ2) is 7.58. The Kier molecular flexibility index (Phi) is 5.08. The number of rotatable bonds is 4. The zero-order valence-corrected chi connectivity index (χ0v) is 16.2. The van der Waals surface area contributed by atoms with E-state index in [4.69, 9.17) is 23.2 Å². The first-order valence-electron chi connectivity index (χ1n) is 8.30. The van der Waals surface area contributed by atoms with Crippen LogP contribution in [0.4, 0.5) is 18.9 Å². The number of imidazole rings is 1. The maximum absolute atomic E-state index is 13.6. The van der Waals surface area contributed by atoms with Crippen molar-refractivity contribution in [1.29, 1.82) is 0 Å². The molecule has 8 nitrogen and oxygen atoms in total. The van der Waals surface area contributed by atoms with Gasteiger partial charge in [-0.25, -0.2) is 10.1 Å². The molecular formula is C17H10Cl2F3N7O. The first-order valence-corrected chi connectivity index (χ1v) is 9.05. The zero-order valence-electron chi connectivity index (χ0n) is 14.7. The van der Waals surface area contributed by atoms with Crippen LogP contribution in [0.5, 0.6) is 0 Å². The van der Waals surface area contributed by atoms with Crippen LogP contribution in [0, 0.1) is 0 Å². The van der Waals surface area contributed by atoms with Gasteiger partial charge in [0, 0.05) is 0 Å². The third kappa shape index (κ3) is 3.68. The zero-order chi connectivity index (χ0) is 21.5. The van der Waals surface area contributed by atoms with Crippen LogP contribution in [0.3, 0.4) is 0 Å². The van der Waals surface area contributed by atoms with E-state index in [1.165, 1.54) is 30.3 Å². The molecule has 13 heteroatoms. The fraction of sp³-hybridized carbons (Fsp3) is 0.118. The minimum Gasteiger partial charge on any atom is -0.320 e. The van der Waals surface area contributed by atoms with Gasteiger partial charge in [-0.2, -0.15) is 13.2 Å². The molecule has 2 heterocycles. The lowest BCUT2D eigenvalue weighted by Gasteiger charge is -2.10. The van der Waals surface area contributed by atoms with Crippen molar-refractivity contribution in [2.45, 2.75) is 12.7 Å². The summed E-state index contributed by atoms with van der Waals surface area (Å²) in [7, 11) is 0. The van der Waals surface area contributed by atoms with Gasteiger partial charge in [0.25, 0.3) is 5.91 Å². The van der Waals surface area contributed by atoms with E-state index in [-0.39, 0.29) is 44.7 Å². The van der Waals surface area contributed by atoms with Crippen molar-refractivity contribution < 1.29 is 18.0 Å². The molecule has 0 aliphatic heterocycles. The number of hydrogen-bond donors (Lipinski definition) is 2. The highest BCUT2D eigenvalue weighted by molar-refractivity contribution is 6.40. The molecule has 0 atom stereocenters. The number of fused-ring (bicyclic) bond motifs is 1. The average molecular weight is 456 g/mol. The number of carbonyl (C=O) groups excluding carboxylic acids is 1. The van der Waals surface area contributed by atoms with Crippen LogP contribution in [-0.4, -0.2) is 36.1 Å². The number of nitrogens with zero attached hydrogens (tertiary/aromatic N) is 5. The molecule has 154 valence electrons. The molecule has 0 radical (unpaired) electrons. The summed E-state index contributed by atoms with van der Waals surface area (Å²) in [4.78, 5) is 16.4. The Morgan fingerprint density at radius 3 is 2.47 bits per heavy atom. The highest BCUT2D eigenvalue weighted by Crippen LogP contribution is 2.34. The Morgan fingerprint density at radius 2 is 1.83 bits per heavy atom. The smallest absolute Gasteiger partial charge is 0.320 e. The number of aromatic nitrogens is 6. The molecule has 2 aromatic carbocycles. The van der Waals surface area contributed by atoms with Gasteiger partial charge < -0.3 is 9.88 Å². The van der Waals surface area contributed by atoms with Gasteiger partial charge in [0.1, 0.15) is 5.52 Å². The number of tetrazole rings is 1. The molecule has 0 aliphatic rings. The summed E-state index contributed by atoms with van der Waals surface area (Å²) in [5, 5.41) is 15.5. The molecule has 0 bridgehead atoms. The first-order chi connectivity index (χ1) is 14.3. The monoisotopic (exact) mass is 455 g/mol. The Balaban J connectivity index is 1.80. The van der Waals surface area contributed by atoms with Crippen LogP contribution in [0.1, 0.15) is 22.0 Å². The van der Waals surface area contributed by atoms with Gasteiger partial charge in [0.2, 0.25) is 5.82 Å². The number of nitrogens with one attached hydrogen (secondary N) is 2. The summed E-state index contributed by atoms with van der Waals surface area (Å²) in [5.74, 6) is -1.73. The minimum atomic E-state index is -4.75. The second-order valence-electron chi connectivity index (χ2n) is 6.09. The van der Waals surface area contributed by atoms with E-state index in [0.29, 0.717) is 0 Å². The van der Waals surface area contributed by atoms with E-state index in [2.05, 4.69) is 30.9 Å². The van der Waals surface area contributed by atoms with Gasteiger partial charge >= 0.3 is 6.18 Å². The number of amides is 1. The van der Waals surface area contributed by atoms with Gasteiger partial charge in [0.15, 0.2) is 5.82 Å². The number of carbonyl (C=O) groups is 1. The van der Waals surface area contributed by atoms with Gasteiger partial charge in [-0.15, -0.1) is 5.10 Å². The molecule has 0 aliphatic carbocycles. The Labute approximate surface area is 176 Å². The van der Waals surface area contributed by atoms with E-state index < -0.39 is 17.9 Å². The Morgan fingerprint density at radius 1 is 1.13 bits per heavy atom. The van der Waals surface area contributed by atoms with Crippen LogP contribution in [0.15, 0.2) is 36.4 Å². The van der Waals surface area contributed by atoms with Gasteiger partial charge in [-0.1, -0.05) is 35.3 Å². The molecule has 30 heavy (non-hydrogen) atoms. The predicted octanol–water partition coefficient (Wildman–Crippen LogP) is 4.18. The predicted molar refractivity (Wildman–Crippen MR) is 102 cm³/mol. The lowest BCUT2D eigenvalue weighted by Crippen LogP contribution is -2.16. The van der Waals surface area contributed by atoms with Crippen molar-refractivity contribution in [3.8, 4) is 0 Å². The van der Waals surface area contributed by atoms with Crippen molar-refractivity contribution in [1.82, 2.24) is 30.2 Å². The Hall–Kier alpha value is -3.18. The number of aromatic amines is 1. The van der Waals surface area contributed by atoms with Gasteiger partial charge in [-0.05, 0) is 34.7 Å². The minimum absolute atomic E-state index is 0.000971. The van der Waals surface area contributed by atoms with E-state index in [1.807, 2.05) is 0 Å². The quantitative estimate of drug-likeness (QED) is 0.480. The van der Waals surface area contributed by atoms with E-state index >= 15 is 0 Å². The highest BCUT2D eigenvalue weighted by atomic mass is 35.5. The number of hydrogen-bond acceptors (Lipinski definition) is 5. The number of alkyl halides is 3. The van der Waals surface area contributed by atoms with Gasteiger partial charge in [0.05, 0.1) is 33.4 Å². The number of H-pyrrole nitrogens is 1. The van der Waals surface area contributed by atoms with Crippen LogP contribution in [0.25, 0.3) is 11.0 Å². The normalized spacial score (nSPS) is 11.8. The fourth-order valence-electron chi connectivity index (χ4n) is 2.92. The average Bonchev–Trinajstić information content (AvgIpc) is 3.30. The molecule has 0 fully saturated rings. The van der Waals surface area contributed by atoms with Crippen LogP contribution in [-0.2, 0) is 12.7 Å².